The van der Waals surface area contributed by atoms with Crippen molar-refractivity contribution in [2.75, 3.05) is 45.2 Å². The Kier molecular flexibility index (Phi) is 6.66. The predicted molar refractivity (Wildman–Crippen MR) is 108 cm³/mol. The quantitative estimate of drug-likeness (QED) is 0.765. The van der Waals surface area contributed by atoms with Gasteiger partial charge in [0, 0.05) is 44.8 Å². The Labute approximate surface area is 166 Å². The first kappa shape index (κ1) is 20.3. The number of benzene rings is 2. The molecule has 1 heterocycles. The molecule has 1 aliphatic rings. The molecule has 8 heteroatoms. The molecule has 0 unspecified atom stereocenters. The third-order valence-corrected chi connectivity index (χ3v) is 6.65. The van der Waals surface area contributed by atoms with Crippen LogP contribution in [-0.4, -0.2) is 63.4 Å². The molecule has 7 nitrogen and oxygen atoms in total. The number of amides is 1. The molecule has 0 atom stereocenters. The van der Waals surface area contributed by atoms with E-state index < -0.39 is 10.0 Å². The summed E-state index contributed by atoms with van der Waals surface area (Å²) in [6.45, 7) is 2.64. The fraction of sp³-hybridized carbons (Fsp3) is 0.350. The van der Waals surface area contributed by atoms with E-state index in [1.165, 1.54) is 4.31 Å². The van der Waals surface area contributed by atoms with Crippen LogP contribution >= 0.6 is 0 Å². The van der Waals surface area contributed by atoms with Crippen molar-refractivity contribution in [3.05, 3.63) is 54.6 Å². The highest BCUT2D eigenvalue weighted by molar-refractivity contribution is 7.89. The molecule has 0 aromatic heterocycles. The molecule has 1 saturated heterocycles. The Morgan fingerprint density at radius 3 is 2.25 bits per heavy atom. The van der Waals surface area contributed by atoms with Crippen LogP contribution in [0.1, 0.15) is 6.42 Å². The monoisotopic (exact) mass is 403 g/mol. The first-order valence-corrected chi connectivity index (χ1v) is 10.6. The van der Waals surface area contributed by atoms with E-state index in [9.17, 15) is 13.2 Å². The van der Waals surface area contributed by atoms with E-state index in [2.05, 4.69) is 10.2 Å². The van der Waals surface area contributed by atoms with E-state index in [0.717, 1.165) is 5.69 Å². The third kappa shape index (κ3) is 5.09. The van der Waals surface area contributed by atoms with E-state index in [1.54, 1.807) is 31.4 Å². The number of para-hydroxylation sites is 1. The van der Waals surface area contributed by atoms with Gasteiger partial charge < -0.3 is 15.0 Å². The van der Waals surface area contributed by atoms with Crippen LogP contribution in [0.4, 0.5) is 5.69 Å². The number of carbonyl (C=O) groups is 1. The van der Waals surface area contributed by atoms with Gasteiger partial charge in [0.25, 0.3) is 0 Å². The van der Waals surface area contributed by atoms with Gasteiger partial charge in [-0.05, 0) is 36.4 Å². The predicted octanol–water partition coefficient (Wildman–Crippen LogP) is 2.03. The number of nitrogens with zero attached hydrogens (tertiary/aromatic N) is 2. The number of rotatable bonds is 7. The van der Waals surface area contributed by atoms with Gasteiger partial charge in [0.2, 0.25) is 15.9 Å². The van der Waals surface area contributed by atoms with Crippen LogP contribution in [-0.2, 0) is 14.8 Å². The van der Waals surface area contributed by atoms with E-state index in [1.807, 2.05) is 30.3 Å². The van der Waals surface area contributed by atoms with Crippen molar-refractivity contribution in [2.24, 2.45) is 0 Å². The maximum Gasteiger partial charge on any atom is 0.243 e. The van der Waals surface area contributed by atoms with E-state index in [4.69, 9.17) is 4.74 Å². The number of piperazine rings is 1. The molecule has 1 aliphatic heterocycles. The lowest BCUT2D eigenvalue weighted by atomic mass is 10.3. The number of anilines is 1. The molecule has 0 spiro atoms. The standard InChI is InChI=1S/C20H25N3O4S/c1-27-18-7-9-19(10-8-18)28(25,26)23-15-13-22(14-16-23)12-11-20(24)21-17-5-3-2-4-6-17/h2-10H,11-16H2,1H3,(H,21,24). The summed E-state index contributed by atoms with van der Waals surface area (Å²) in [5.74, 6) is 0.581. The summed E-state index contributed by atoms with van der Waals surface area (Å²) in [5.41, 5.74) is 0.780. The highest BCUT2D eigenvalue weighted by Gasteiger charge is 2.28. The number of nitrogens with one attached hydrogen (secondary N) is 1. The van der Waals surface area contributed by atoms with E-state index >= 15 is 0 Å². The molecule has 1 fully saturated rings. The molecule has 1 amide bonds. The Morgan fingerprint density at radius 2 is 1.64 bits per heavy atom. The molecule has 0 bridgehead atoms. The number of sulfonamides is 1. The molecule has 0 aliphatic carbocycles. The van der Waals surface area contributed by atoms with Crippen LogP contribution in [0.2, 0.25) is 0 Å². The average Bonchev–Trinajstić information content (AvgIpc) is 2.73. The second-order valence-corrected chi connectivity index (χ2v) is 8.52. The summed E-state index contributed by atoms with van der Waals surface area (Å²) in [7, 11) is -1.97. The normalized spacial score (nSPS) is 15.9. The van der Waals surface area contributed by atoms with Gasteiger partial charge in [-0.25, -0.2) is 8.42 Å². The molecule has 2 aromatic rings. The number of carbonyl (C=O) groups excluding carboxylic acids is 1. The molecule has 28 heavy (non-hydrogen) atoms. The van der Waals surface area contributed by atoms with Crippen molar-refractivity contribution in [1.82, 2.24) is 9.21 Å². The maximum absolute atomic E-state index is 12.8. The summed E-state index contributed by atoms with van der Waals surface area (Å²) in [6.07, 6.45) is 0.375. The summed E-state index contributed by atoms with van der Waals surface area (Å²) in [4.78, 5) is 14.4. The Hall–Kier alpha value is -2.42. The minimum absolute atomic E-state index is 0.0421. The summed E-state index contributed by atoms with van der Waals surface area (Å²) < 4.78 is 32.1. The fourth-order valence-corrected chi connectivity index (χ4v) is 4.52. The van der Waals surface area contributed by atoms with Crippen LogP contribution in [0.25, 0.3) is 0 Å². The van der Waals surface area contributed by atoms with Gasteiger partial charge in [-0.3, -0.25) is 4.79 Å². The van der Waals surface area contributed by atoms with Gasteiger partial charge in [-0.15, -0.1) is 0 Å². The Bertz CT molecular complexity index is 877. The van der Waals surface area contributed by atoms with Crippen molar-refractivity contribution < 1.29 is 17.9 Å². The Balaban J connectivity index is 1.47. The van der Waals surface area contributed by atoms with Crippen molar-refractivity contribution >= 4 is 21.6 Å². The van der Waals surface area contributed by atoms with Gasteiger partial charge in [0.1, 0.15) is 5.75 Å². The number of hydrogen-bond donors (Lipinski definition) is 1. The van der Waals surface area contributed by atoms with Gasteiger partial charge in [-0.1, -0.05) is 18.2 Å². The number of methoxy groups -OCH3 is 1. The maximum atomic E-state index is 12.8. The second-order valence-electron chi connectivity index (χ2n) is 6.59. The minimum atomic E-state index is -3.51. The van der Waals surface area contributed by atoms with E-state index in [0.29, 0.717) is 44.9 Å². The first-order valence-electron chi connectivity index (χ1n) is 9.20. The SMILES string of the molecule is COc1ccc(S(=O)(=O)N2CCN(CCC(=O)Nc3ccccc3)CC2)cc1. The second kappa shape index (κ2) is 9.18. The molecule has 1 N–H and O–H groups in total. The van der Waals surface area contributed by atoms with E-state index in [-0.39, 0.29) is 10.8 Å². The summed E-state index contributed by atoms with van der Waals surface area (Å²) >= 11 is 0. The van der Waals surface area contributed by atoms with Crippen molar-refractivity contribution in [3.8, 4) is 5.75 Å². The zero-order chi connectivity index (χ0) is 20.0. The molecule has 0 saturated carbocycles. The topological polar surface area (TPSA) is 79.0 Å². The number of hydrogen-bond acceptors (Lipinski definition) is 5. The van der Waals surface area contributed by atoms with Crippen molar-refractivity contribution in [3.63, 3.8) is 0 Å². The van der Waals surface area contributed by atoms with Gasteiger partial charge in [0.05, 0.1) is 12.0 Å². The fourth-order valence-electron chi connectivity index (χ4n) is 3.09. The smallest absolute Gasteiger partial charge is 0.243 e. The highest BCUT2D eigenvalue weighted by Crippen LogP contribution is 2.20. The number of ether oxygens (including phenoxy) is 1. The van der Waals surface area contributed by atoms with Crippen LogP contribution in [0.5, 0.6) is 5.75 Å². The zero-order valence-corrected chi connectivity index (χ0v) is 16.7. The lowest BCUT2D eigenvalue weighted by molar-refractivity contribution is -0.116. The third-order valence-electron chi connectivity index (χ3n) is 4.74. The zero-order valence-electron chi connectivity index (χ0n) is 15.9. The van der Waals surface area contributed by atoms with Crippen LogP contribution in [0.15, 0.2) is 59.5 Å². The molecule has 3 rings (SSSR count). The molecule has 2 aromatic carbocycles. The minimum Gasteiger partial charge on any atom is -0.497 e. The first-order chi connectivity index (χ1) is 13.5. The average molecular weight is 404 g/mol. The lowest BCUT2D eigenvalue weighted by Crippen LogP contribution is -2.49. The molecule has 150 valence electrons. The molecular formula is C20H25N3O4S. The Morgan fingerprint density at radius 1 is 1.00 bits per heavy atom. The van der Waals surface area contributed by atoms with Gasteiger partial charge in [-0.2, -0.15) is 4.31 Å². The van der Waals surface area contributed by atoms with Crippen molar-refractivity contribution in [1.29, 1.82) is 0 Å². The van der Waals surface area contributed by atoms with Crippen LogP contribution in [0, 0.1) is 0 Å². The van der Waals surface area contributed by atoms with Gasteiger partial charge >= 0.3 is 0 Å². The lowest BCUT2D eigenvalue weighted by Gasteiger charge is -2.33. The largest absolute Gasteiger partial charge is 0.497 e. The van der Waals surface area contributed by atoms with Crippen LogP contribution in [0.3, 0.4) is 0 Å². The molecule has 0 radical (unpaired) electrons. The van der Waals surface area contributed by atoms with Gasteiger partial charge in [0.15, 0.2) is 0 Å². The van der Waals surface area contributed by atoms with Crippen molar-refractivity contribution in [2.45, 2.75) is 11.3 Å². The van der Waals surface area contributed by atoms with Crippen LogP contribution < -0.4 is 10.1 Å². The molecular weight excluding hydrogens is 378 g/mol. The summed E-state index contributed by atoms with van der Waals surface area (Å²) in [6, 6.07) is 15.8. The summed E-state index contributed by atoms with van der Waals surface area (Å²) in [5, 5.41) is 2.86. The highest BCUT2D eigenvalue weighted by atomic mass is 32.2.